The summed E-state index contributed by atoms with van der Waals surface area (Å²) in [5.41, 5.74) is 11.9. The van der Waals surface area contributed by atoms with Gasteiger partial charge in [-0.05, 0) is 57.6 Å². The lowest BCUT2D eigenvalue weighted by Gasteiger charge is -2.26. The molecule has 0 aliphatic heterocycles. The van der Waals surface area contributed by atoms with E-state index in [1.54, 1.807) is 0 Å². The van der Waals surface area contributed by atoms with E-state index in [1.165, 1.54) is 0 Å². The van der Waals surface area contributed by atoms with E-state index < -0.39 is 0 Å². The van der Waals surface area contributed by atoms with Crippen LogP contribution in [-0.4, -0.2) is 18.7 Å². The number of rotatable bonds is 5. The molecule has 0 N–H and O–H groups in total. The van der Waals surface area contributed by atoms with Crippen LogP contribution in [0.4, 0.5) is 0 Å². The molecule has 328 valence electrons. The van der Waals surface area contributed by atoms with E-state index in [0.29, 0.717) is 5.56 Å². The molecule has 0 radical (unpaired) electrons. The molecule has 4 heterocycles. The summed E-state index contributed by atoms with van der Waals surface area (Å²) in [5.74, 6) is 1.58. The summed E-state index contributed by atoms with van der Waals surface area (Å²) in [7, 11) is 0. The highest BCUT2D eigenvalue weighted by Crippen LogP contribution is 2.50. The van der Waals surface area contributed by atoms with Gasteiger partial charge in [0.15, 0.2) is 5.82 Å². The first-order valence-corrected chi connectivity index (χ1v) is 24.1. The van der Waals surface area contributed by atoms with Crippen LogP contribution in [0.5, 0.6) is 0 Å². The number of benzene rings is 11. The van der Waals surface area contributed by atoms with E-state index >= 15 is 0 Å². The van der Waals surface area contributed by atoms with Crippen molar-refractivity contribution >= 4 is 97.7 Å². The van der Waals surface area contributed by atoms with Crippen LogP contribution in [-0.2, 0) is 0 Å². The van der Waals surface area contributed by atoms with Gasteiger partial charge in [-0.2, -0.15) is 5.26 Å². The minimum Gasteiger partial charge on any atom is -0.305 e. The third-order valence-corrected chi connectivity index (χ3v) is 14.8. The Morgan fingerprint density at radius 2 is 0.676 bits per heavy atom. The number of hydrogen-bond acceptors (Lipinski definition) is 2. The Kier molecular flexibility index (Phi) is 8.36. The van der Waals surface area contributed by atoms with Gasteiger partial charge in [-0.15, -0.1) is 0 Å². The minimum atomic E-state index is 0.594. The van der Waals surface area contributed by atoms with Gasteiger partial charge in [0.2, 0.25) is 0 Å². The van der Waals surface area contributed by atoms with Gasteiger partial charge in [0.25, 0.3) is 0 Å². The van der Waals surface area contributed by atoms with Gasteiger partial charge in [-0.3, -0.25) is 9.13 Å². The monoisotopic (exact) mass is 901 g/mol. The van der Waals surface area contributed by atoms with Crippen molar-refractivity contribution in [1.82, 2.24) is 18.7 Å². The Labute approximate surface area is 407 Å². The van der Waals surface area contributed by atoms with E-state index in [4.69, 9.17) is 4.98 Å². The van der Waals surface area contributed by atoms with Crippen LogP contribution in [0, 0.1) is 11.3 Å². The molecule has 5 nitrogen and oxygen atoms in total. The highest BCUT2D eigenvalue weighted by molar-refractivity contribution is 6.23. The van der Waals surface area contributed by atoms with Crippen LogP contribution in [0.15, 0.2) is 237 Å². The predicted molar refractivity (Wildman–Crippen MR) is 295 cm³/mol. The molecular formula is C66H39N5. The van der Waals surface area contributed by atoms with Crippen molar-refractivity contribution in [3.05, 3.63) is 242 Å². The zero-order valence-corrected chi connectivity index (χ0v) is 38.3. The molecule has 0 fully saturated rings. The lowest BCUT2D eigenvalue weighted by Crippen LogP contribution is -2.13. The summed E-state index contributed by atoms with van der Waals surface area (Å²) in [6, 6.07) is 87.5. The van der Waals surface area contributed by atoms with Crippen molar-refractivity contribution in [2.45, 2.75) is 0 Å². The van der Waals surface area contributed by atoms with Crippen molar-refractivity contribution in [2.24, 2.45) is 0 Å². The Hall–Kier alpha value is -9.76. The average Bonchev–Trinajstić information content (AvgIpc) is 4.10. The molecule has 0 saturated carbocycles. The molecule has 0 saturated heterocycles. The number of para-hydroxylation sites is 3. The Morgan fingerprint density at radius 3 is 1.15 bits per heavy atom. The van der Waals surface area contributed by atoms with Gasteiger partial charge in [-0.25, -0.2) is 4.98 Å². The van der Waals surface area contributed by atoms with Crippen molar-refractivity contribution in [2.75, 3.05) is 0 Å². The maximum absolute atomic E-state index is 10.3. The molecule has 4 aromatic heterocycles. The van der Waals surface area contributed by atoms with Crippen LogP contribution in [0.25, 0.3) is 137 Å². The van der Waals surface area contributed by atoms with Gasteiger partial charge in [0.05, 0.1) is 50.4 Å². The normalized spacial score (nSPS) is 11.9. The second-order valence-electron chi connectivity index (χ2n) is 18.5. The molecule has 0 spiro atoms. The Morgan fingerprint density at radius 1 is 0.296 bits per heavy atom. The fourth-order valence-electron chi connectivity index (χ4n) is 11.8. The van der Waals surface area contributed by atoms with Crippen LogP contribution in [0.3, 0.4) is 0 Å². The zero-order valence-electron chi connectivity index (χ0n) is 38.3. The molecule has 15 aromatic rings. The highest BCUT2D eigenvalue weighted by Gasteiger charge is 2.32. The molecule has 0 bridgehead atoms. The summed E-state index contributed by atoms with van der Waals surface area (Å²) in [4.78, 5) is 6.37. The third-order valence-electron chi connectivity index (χ3n) is 14.8. The van der Waals surface area contributed by atoms with Gasteiger partial charge in [0, 0.05) is 59.6 Å². The fourth-order valence-corrected chi connectivity index (χ4v) is 11.8. The Bertz CT molecular complexity index is 4760. The lowest BCUT2D eigenvalue weighted by molar-refractivity contribution is 0.990. The van der Waals surface area contributed by atoms with E-state index in [9.17, 15) is 5.26 Å². The van der Waals surface area contributed by atoms with Gasteiger partial charge in [-0.1, -0.05) is 206 Å². The first-order chi connectivity index (χ1) is 35.2. The highest BCUT2D eigenvalue weighted by atomic mass is 15.2. The van der Waals surface area contributed by atoms with E-state index in [0.717, 1.165) is 137 Å². The SMILES string of the molecule is N#Cc1ccc(-c2c(-c3ccccc3)c(-n3c4ccccc4c4ccc5ccccc5c43)nc(-n3c4ccccc4c4ccc5ccccc5c43)c2-n2c3ccccc3c3ccc4ccccc4c32)cc1. The number of pyridine rings is 1. The van der Waals surface area contributed by atoms with Gasteiger partial charge >= 0.3 is 0 Å². The average molecular weight is 902 g/mol. The van der Waals surface area contributed by atoms with Crippen molar-refractivity contribution in [1.29, 1.82) is 5.26 Å². The number of aromatic nitrogens is 4. The van der Waals surface area contributed by atoms with Crippen molar-refractivity contribution in [3.8, 4) is 45.6 Å². The molecule has 11 aromatic carbocycles. The molecule has 0 unspecified atom stereocenters. The van der Waals surface area contributed by atoms with Crippen LogP contribution < -0.4 is 0 Å². The number of hydrogen-bond donors (Lipinski definition) is 0. The number of nitrogens with zero attached hydrogens (tertiary/aromatic N) is 5. The predicted octanol–water partition coefficient (Wildman–Crippen LogP) is 17.0. The van der Waals surface area contributed by atoms with Gasteiger partial charge in [0.1, 0.15) is 5.82 Å². The number of fused-ring (bicyclic) bond motifs is 15. The summed E-state index contributed by atoms with van der Waals surface area (Å²) < 4.78 is 7.39. The van der Waals surface area contributed by atoms with E-state index in [1.807, 2.05) is 12.1 Å². The second-order valence-corrected chi connectivity index (χ2v) is 18.5. The van der Waals surface area contributed by atoms with E-state index in [2.05, 4.69) is 244 Å². The lowest BCUT2D eigenvalue weighted by atomic mass is 9.92. The molecule has 71 heavy (non-hydrogen) atoms. The quantitative estimate of drug-likeness (QED) is 0.173. The maximum atomic E-state index is 10.3. The molecule has 0 atom stereocenters. The van der Waals surface area contributed by atoms with Crippen LogP contribution in [0.2, 0.25) is 0 Å². The van der Waals surface area contributed by atoms with Crippen molar-refractivity contribution < 1.29 is 0 Å². The zero-order chi connectivity index (χ0) is 46.7. The summed E-state index contributed by atoms with van der Waals surface area (Å²) >= 11 is 0. The smallest absolute Gasteiger partial charge is 0.165 e. The molecule has 0 amide bonds. The summed E-state index contributed by atoms with van der Waals surface area (Å²) in [6.07, 6.45) is 0. The van der Waals surface area contributed by atoms with Gasteiger partial charge < -0.3 is 4.57 Å². The molecular weight excluding hydrogens is 863 g/mol. The second kappa shape index (κ2) is 15.1. The standard InChI is InChI=1S/C66H39N5/c67-40-41-30-32-46(33-31-41)59-60(45-19-2-1-3-20-45)65(70-57-28-14-11-25-51(57)54-38-35-43-17-5-8-22-48(43)62(54)70)68-66(71-58-29-15-12-26-52(58)55-39-36-44-18-6-9-23-49(44)63(55)71)64(59)69-56-27-13-10-24-50(56)53-37-34-42-16-4-7-21-47(42)61(53)69/h1-39H. The third kappa shape index (κ3) is 5.59. The summed E-state index contributed by atoms with van der Waals surface area (Å²) in [6.45, 7) is 0. The van der Waals surface area contributed by atoms with E-state index in [-0.39, 0.29) is 0 Å². The maximum Gasteiger partial charge on any atom is 0.165 e. The fraction of sp³-hybridized carbons (Fsp3) is 0. The first kappa shape index (κ1) is 39.3. The van der Waals surface area contributed by atoms with Crippen molar-refractivity contribution in [3.63, 3.8) is 0 Å². The molecule has 15 rings (SSSR count). The van der Waals surface area contributed by atoms with Crippen LogP contribution >= 0.6 is 0 Å². The Balaban J connectivity index is 1.28. The van der Waals surface area contributed by atoms with Crippen LogP contribution in [0.1, 0.15) is 5.56 Å². The topological polar surface area (TPSA) is 51.5 Å². The summed E-state index contributed by atoms with van der Waals surface area (Å²) in [5, 5.41) is 24.1. The molecule has 0 aliphatic carbocycles. The first-order valence-electron chi connectivity index (χ1n) is 24.1. The minimum absolute atomic E-state index is 0.594. The number of nitriles is 1. The largest absolute Gasteiger partial charge is 0.305 e. The molecule has 5 heteroatoms. The molecule has 0 aliphatic rings.